The van der Waals surface area contributed by atoms with Crippen LogP contribution in [0.15, 0.2) is 66.9 Å². The highest BCUT2D eigenvalue weighted by molar-refractivity contribution is 6.02. The minimum Gasteiger partial charge on any atom is -0.350 e. The second kappa shape index (κ2) is 9.61. The van der Waals surface area contributed by atoms with E-state index in [1.165, 1.54) is 6.07 Å². The number of rotatable bonds is 4. The van der Waals surface area contributed by atoms with Gasteiger partial charge in [-0.05, 0) is 37.2 Å². The number of nitrogens with one attached hydrogen (secondary N) is 2. The van der Waals surface area contributed by atoms with Crippen LogP contribution in [0.4, 0.5) is 10.1 Å². The van der Waals surface area contributed by atoms with Gasteiger partial charge in [-0.2, -0.15) is 5.10 Å². The van der Waals surface area contributed by atoms with Crippen LogP contribution in [0, 0.1) is 5.82 Å². The molecule has 0 spiro atoms. The number of nitrogens with zero attached hydrogens (tertiary/aromatic N) is 4. The molecule has 3 aliphatic rings. The summed E-state index contributed by atoms with van der Waals surface area (Å²) in [5, 5.41) is 10.4. The number of fused-ring (bicyclic) bond motifs is 1. The van der Waals surface area contributed by atoms with Crippen molar-refractivity contribution in [2.75, 3.05) is 45.2 Å². The molecule has 2 atom stereocenters. The molecule has 6 rings (SSSR count). The molecule has 2 aromatic carbocycles. The Labute approximate surface area is 216 Å². The molecular weight excluding hydrogens is 467 g/mol. The van der Waals surface area contributed by atoms with Crippen LogP contribution in [0.25, 0.3) is 16.8 Å². The highest BCUT2D eigenvalue weighted by Crippen LogP contribution is 2.36. The number of H-pyrrole nitrogens is 1. The number of hydrogen-bond donors (Lipinski definition) is 2. The number of carbonyl (C=O) groups excluding carboxylic acids is 1. The molecule has 2 N–H and O–H groups in total. The number of likely N-dealkylation sites (N-methyl/N-ethyl adjacent to an activating group) is 1. The lowest BCUT2D eigenvalue weighted by molar-refractivity contribution is 0.0928. The second-order valence-corrected chi connectivity index (χ2v) is 10.0. The van der Waals surface area contributed by atoms with Crippen LogP contribution in [-0.4, -0.2) is 72.2 Å². The zero-order valence-electron chi connectivity index (χ0n) is 21.1. The molecule has 2 aliphatic heterocycles. The molecule has 1 fully saturated rings. The Kier molecular flexibility index (Phi) is 6.14. The van der Waals surface area contributed by atoms with Crippen LogP contribution in [0.3, 0.4) is 0 Å². The van der Waals surface area contributed by atoms with Crippen LogP contribution in [0.2, 0.25) is 0 Å². The first-order valence-electron chi connectivity index (χ1n) is 12.8. The van der Waals surface area contributed by atoms with Crippen molar-refractivity contribution in [2.45, 2.75) is 18.6 Å². The molecule has 3 aromatic rings. The van der Waals surface area contributed by atoms with Crippen molar-refractivity contribution < 1.29 is 9.18 Å². The molecule has 190 valence electrons. The van der Waals surface area contributed by atoms with Gasteiger partial charge in [0, 0.05) is 62.2 Å². The fraction of sp³-hybridized carbons (Fsp3) is 0.310. The van der Waals surface area contributed by atoms with E-state index in [4.69, 9.17) is 0 Å². The molecule has 1 aromatic heterocycles. The average Bonchev–Trinajstić information content (AvgIpc) is 3.41. The Balaban J connectivity index is 1.22. The summed E-state index contributed by atoms with van der Waals surface area (Å²) >= 11 is 0. The first kappa shape index (κ1) is 23.6. The maximum Gasteiger partial charge on any atom is 0.255 e. The molecule has 1 saturated heterocycles. The minimum absolute atomic E-state index is 0.140. The van der Waals surface area contributed by atoms with Gasteiger partial charge in [-0.3, -0.25) is 14.8 Å². The van der Waals surface area contributed by atoms with Gasteiger partial charge in [0.15, 0.2) is 0 Å². The summed E-state index contributed by atoms with van der Waals surface area (Å²) in [4.78, 5) is 19.6. The van der Waals surface area contributed by atoms with Crippen molar-refractivity contribution >= 4 is 17.2 Å². The number of halogens is 1. The third kappa shape index (κ3) is 4.36. The van der Waals surface area contributed by atoms with E-state index in [1.54, 1.807) is 6.20 Å². The maximum absolute atomic E-state index is 15.4. The van der Waals surface area contributed by atoms with Crippen LogP contribution in [0.5, 0.6) is 0 Å². The molecule has 37 heavy (non-hydrogen) atoms. The number of hydrogen-bond acceptors (Lipinski definition) is 5. The summed E-state index contributed by atoms with van der Waals surface area (Å²) in [6.45, 7) is 4.29. The van der Waals surface area contributed by atoms with Gasteiger partial charge in [0.25, 0.3) is 5.91 Å². The van der Waals surface area contributed by atoms with Crippen LogP contribution >= 0.6 is 0 Å². The predicted octanol–water partition coefficient (Wildman–Crippen LogP) is 4.05. The van der Waals surface area contributed by atoms with E-state index in [0.717, 1.165) is 49.4 Å². The Morgan fingerprint density at radius 3 is 2.59 bits per heavy atom. The van der Waals surface area contributed by atoms with E-state index in [-0.39, 0.29) is 11.7 Å². The van der Waals surface area contributed by atoms with E-state index in [0.29, 0.717) is 28.4 Å². The largest absolute Gasteiger partial charge is 0.350 e. The van der Waals surface area contributed by atoms with E-state index in [1.807, 2.05) is 48.3 Å². The van der Waals surface area contributed by atoms with E-state index >= 15 is 4.39 Å². The van der Waals surface area contributed by atoms with Crippen molar-refractivity contribution in [2.24, 2.45) is 0 Å². The molecule has 2 unspecified atom stereocenters. The van der Waals surface area contributed by atoms with Gasteiger partial charge in [-0.25, -0.2) is 4.39 Å². The topological polar surface area (TPSA) is 67.5 Å². The Bertz CT molecular complexity index is 1390. The minimum atomic E-state index is -0.422. The molecule has 0 saturated carbocycles. The monoisotopic (exact) mass is 498 g/mol. The van der Waals surface area contributed by atoms with E-state index < -0.39 is 6.17 Å². The number of anilines is 1. The van der Waals surface area contributed by atoms with Gasteiger partial charge >= 0.3 is 0 Å². The van der Waals surface area contributed by atoms with Gasteiger partial charge in [0.1, 0.15) is 12.0 Å². The lowest BCUT2D eigenvalue weighted by Gasteiger charge is -2.37. The van der Waals surface area contributed by atoms with Crippen molar-refractivity contribution in [1.29, 1.82) is 0 Å². The SMILES string of the molecule is CN1CCN(C2C=CC(c3ccc(-c4n[nH]cc4C4NC(=O)c5ccccc5N4C)cc3F)=CC2)CC1. The number of aromatic nitrogens is 2. The lowest BCUT2D eigenvalue weighted by atomic mass is 9.94. The number of amides is 1. The average molecular weight is 499 g/mol. The van der Waals surface area contributed by atoms with Crippen LogP contribution in [-0.2, 0) is 0 Å². The van der Waals surface area contributed by atoms with Gasteiger partial charge < -0.3 is 15.1 Å². The summed E-state index contributed by atoms with van der Waals surface area (Å²) in [7, 11) is 4.09. The molecule has 7 nitrogen and oxygen atoms in total. The second-order valence-electron chi connectivity index (χ2n) is 10.0. The summed E-state index contributed by atoms with van der Waals surface area (Å²) in [6.07, 6.45) is 8.63. The number of aromatic amines is 1. The maximum atomic E-state index is 15.4. The summed E-state index contributed by atoms with van der Waals surface area (Å²) in [6, 6.07) is 13.1. The molecule has 1 amide bonds. The third-order valence-corrected chi connectivity index (χ3v) is 7.79. The highest BCUT2D eigenvalue weighted by atomic mass is 19.1. The Morgan fingerprint density at radius 2 is 1.84 bits per heavy atom. The summed E-state index contributed by atoms with van der Waals surface area (Å²) in [5.41, 5.74) is 5.03. The zero-order valence-corrected chi connectivity index (χ0v) is 21.1. The van der Waals surface area contributed by atoms with E-state index in [2.05, 4.69) is 50.6 Å². The van der Waals surface area contributed by atoms with Gasteiger partial charge in [-0.1, -0.05) is 42.5 Å². The number of carbonyl (C=O) groups is 1. The molecule has 3 heterocycles. The van der Waals surface area contributed by atoms with E-state index in [9.17, 15) is 4.79 Å². The van der Waals surface area contributed by atoms with Crippen molar-refractivity contribution in [3.8, 4) is 11.3 Å². The third-order valence-electron chi connectivity index (χ3n) is 7.79. The van der Waals surface area contributed by atoms with Crippen molar-refractivity contribution in [3.05, 3.63) is 89.4 Å². The Hall–Kier alpha value is -3.75. The Morgan fingerprint density at radius 1 is 1.03 bits per heavy atom. The predicted molar refractivity (Wildman–Crippen MR) is 144 cm³/mol. The van der Waals surface area contributed by atoms with Crippen LogP contribution in [0.1, 0.15) is 34.1 Å². The fourth-order valence-corrected chi connectivity index (χ4v) is 5.57. The first-order chi connectivity index (χ1) is 18.0. The lowest BCUT2D eigenvalue weighted by Crippen LogP contribution is -2.48. The normalized spacial score (nSPS) is 22.5. The summed E-state index contributed by atoms with van der Waals surface area (Å²) in [5.74, 6) is -0.426. The van der Waals surface area contributed by atoms with Gasteiger partial charge in [0.2, 0.25) is 0 Å². The molecule has 0 radical (unpaired) electrons. The fourth-order valence-electron chi connectivity index (χ4n) is 5.57. The molecule has 0 bridgehead atoms. The quantitative estimate of drug-likeness (QED) is 0.568. The van der Waals surface area contributed by atoms with Crippen molar-refractivity contribution in [3.63, 3.8) is 0 Å². The van der Waals surface area contributed by atoms with Crippen LogP contribution < -0.4 is 10.2 Å². The smallest absolute Gasteiger partial charge is 0.255 e. The van der Waals surface area contributed by atoms with Crippen molar-refractivity contribution in [1.82, 2.24) is 25.3 Å². The molecular formula is C29H31FN6O. The first-order valence-corrected chi connectivity index (χ1v) is 12.8. The number of piperazine rings is 1. The molecule has 1 aliphatic carbocycles. The molecule has 8 heteroatoms. The van der Waals surface area contributed by atoms with Gasteiger partial charge in [0.05, 0.1) is 16.9 Å². The number of allylic oxidation sites excluding steroid dienone is 2. The zero-order chi connectivity index (χ0) is 25.5. The highest BCUT2D eigenvalue weighted by Gasteiger charge is 2.32. The number of benzene rings is 2. The summed E-state index contributed by atoms with van der Waals surface area (Å²) < 4.78 is 15.4. The van der Waals surface area contributed by atoms with Gasteiger partial charge in [-0.15, -0.1) is 0 Å². The standard InChI is InChI=1S/C29H31FN6O/c1-34-13-15-36(16-14-34)21-10-7-19(8-11-21)22-12-9-20(17-25(22)30)27-24(18-31-33-27)28-32-29(37)23-5-3-4-6-26(23)35(28)2/h3-10,12,17-18,21,28H,11,13-16H2,1-2H3,(H,31,33)(H,32,37). The number of para-hydroxylation sites is 1.